The monoisotopic (exact) mass is 243 g/mol. The second-order valence-corrected chi connectivity index (χ2v) is 5.26. The maximum absolute atomic E-state index is 4.40. The van der Waals surface area contributed by atoms with Crippen molar-refractivity contribution in [1.29, 1.82) is 0 Å². The van der Waals surface area contributed by atoms with Crippen molar-refractivity contribution < 1.29 is 0 Å². The first-order valence-corrected chi connectivity index (χ1v) is 6.79. The molecule has 1 heteroatoms. The topological polar surface area (TPSA) is 12.9 Å². The first-order chi connectivity index (χ1) is 8.59. The quantitative estimate of drug-likeness (QED) is 0.620. The molecule has 1 nitrogen and oxygen atoms in total. The average Bonchev–Trinajstić information content (AvgIpc) is 2.36. The van der Waals surface area contributed by atoms with Gasteiger partial charge in [-0.1, -0.05) is 36.3 Å². The van der Waals surface area contributed by atoms with Crippen LogP contribution in [0.1, 0.15) is 58.6 Å². The molecule has 0 spiro atoms. The molecule has 98 valence electrons. The van der Waals surface area contributed by atoms with Crippen molar-refractivity contribution in [3.8, 4) is 0 Å². The molecule has 0 fully saturated rings. The largest absolute Gasteiger partial charge is 0.261 e. The summed E-state index contributed by atoms with van der Waals surface area (Å²) in [4.78, 5) is 4.40. The van der Waals surface area contributed by atoms with E-state index < -0.39 is 0 Å². The van der Waals surface area contributed by atoms with Crippen LogP contribution >= 0.6 is 0 Å². The van der Waals surface area contributed by atoms with Gasteiger partial charge in [-0.3, -0.25) is 4.98 Å². The molecule has 0 bridgehead atoms. The minimum Gasteiger partial charge on any atom is -0.261 e. The molecule has 0 N–H and O–H groups in total. The molecule has 0 saturated carbocycles. The second-order valence-electron chi connectivity index (χ2n) is 5.26. The average molecular weight is 243 g/mol. The fourth-order valence-corrected chi connectivity index (χ4v) is 1.86. The standard InChI is InChI=1S/C17H25N/c1-14(2)8-7-9-15(3)11-12-16(4)17-10-5-6-13-18-17/h5-6,8,10-11,13,16H,7,9,12H2,1-4H3/b15-11+. The molecule has 1 unspecified atom stereocenters. The van der Waals surface area contributed by atoms with Gasteiger partial charge in [-0.05, 0) is 52.2 Å². The van der Waals surface area contributed by atoms with Crippen LogP contribution in [0.5, 0.6) is 0 Å². The molecule has 0 aliphatic heterocycles. The molecular weight excluding hydrogens is 218 g/mol. The van der Waals surface area contributed by atoms with Gasteiger partial charge in [0.15, 0.2) is 0 Å². The highest BCUT2D eigenvalue weighted by Crippen LogP contribution is 2.18. The van der Waals surface area contributed by atoms with Crippen LogP contribution in [0.25, 0.3) is 0 Å². The van der Waals surface area contributed by atoms with Gasteiger partial charge in [0.05, 0.1) is 0 Å². The summed E-state index contributed by atoms with van der Waals surface area (Å²) in [5.41, 5.74) is 4.07. The molecule has 0 radical (unpaired) electrons. The van der Waals surface area contributed by atoms with E-state index in [1.807, 2.05) is 12.3 Å². The highest BCUT2D eigenvalue weighted by molar-refractivity contribution is 5.11. The fraction of sp³-hybridized carbons (Fsp3) is 0.471. The summed E-state index contributed by atoms with van der Waals surface area (Å²) < 4.78 is 0. The van der Waals surface area contributed by atoms with Gasteiger partial charge in [-0.15, -0.1) is 0 Å². The number of hydrogen-bond acceptors (Lipinski definition) is 1. The Hall–Kier alpha value is -1.37. The molecule has 1 aromatic rings. The number of pyridine rings is 1. The lowest BCUT2D eigenvalue weighted by molar-refractivity contribution is 0.742. The minimum atomic E-state index is 0.504. The number of aromatic nitrogens is 1. The molecule has 1 atom stereocenters. The van der Waals surface area contributed by atoms with E-state index >= 15 is 0 Å². The number of allylic oxidation sites excluding steroid dienone is 4. The summed E-state index contributed by atoms with van der Waals surface area (Å²) in [6.07, 6.45) is 9.94. The predicted octanol–water partition coefficient (Wildman–Crippen LogP) is 5.27. The van der Waals surface area contributed by atoms with Gasteiger partial charge in [-0.25, -0.2) is 0 Å². The molecule has 0 aliphatic carbocycles. The molecule has 1 rings (SSSR count). The van der Waals surface area contributed by atoms with E-state index in [2.05, 4.69) is 57.0 Å². The predicted molar refractivity (Wildman–Crippen MR) is 79.7 cm³/mol. The Labute approximate surface area is 112 Å². The Kier molecular flexibility index (Phi) is 6.42. The summed E-state index contributed by atoms with van der Waals surface area (Å²) in [7, 11) is 0. The van der Waals surface area contributed by atoms with E-state index in [9.17, 15) is 0 Å². The molecule has 0 aromatic carbocycles. The first-order valence-electron chi connectivity index (χ1n) is 6.79. The third-order valence-corrected chi connectivity index (χ3v) is 3.10. The summed E-state index contributed by atoms with van der Waals surface area (Å²) in [6, 6.07) is 6.14. The summed E-state index contributed by atoms with van der Waals surface area (Å²) >= 11 is 0. The Balaban J connectivity index is 2.41. The third kappa shape index (κ3) is 5.81. The van der Waals surface area contributed by atoms with Crippen LogP contribution in [0.4, 0.5) is 0 Å². The summed E-state index contributed by atoms with van der Waals surface area (Å²) in [5.74, 6) is 0.504. The number of nitrogens with zero attached hydrogens (tertiary/aromatic N) is 1. The van der Waals surface area contributed by atoms with E-state index in [1.54, 1.807) is 0 Å². The Bertz CT molecular complexity index is 397. The normalized spacial score (nSPS) is 13.2. The molecular formula is C17H25N. The van der Waals surface area contributed by atoms with Crippen molar-refractivity contribution in [2.24, 2.45) is 0 Å². The van der Waals surface area contributed by atoms with E-state index in [0.29, 0.717) is 5.92 Å². The van der Waals surface area contributed by atoms with Crippen molar-refractivity contribution in [2.75, 3.05) is 0 Å². The Morgan fingerprint density at radius 1 is 1.22 bits per heavy atom. The fourth-order valence-electron chi connectivity index (χ4n) is 1.86. The van der Waals surface area contributed by atoms with Crippen LogP contribution < -0.4 is 0 Å². The number of hydrogen-bond donors (Lipinski definition) is 0. The van der Waals surface area contributed by atoms with E-state index in [1.165, 1.54) is 23.3 Å². The number of rotatable bonds is 6. The van der Waals surface area contributed by atoms with E-state index in [4.69, 9.17) is 0 Å². The highest BCUT2D eigenvalue weighted by atomic mass is 14.7. The van der Waals surface area contributed by atoms with Crippen LogP contribution in [0.15, 0.2) is 47.7 Å². The summed E-state index contributed by atoms with van der Waals surface area (Å²) in [6.45, 7) is 8.77. The van der Waals surface area contributed by atoms with Crippen LogP contribution in [0, 0.1) is 0 Å². The molecule has 0 amide bonds. The zero-order chi connectivity index (χ0) is 13.4. The Morgan fingerprint density at radius 3 is 2.61 bits per heavy atom. The van der Waals surface area contributed by atoms with Crippen LogP contribution in [-0.2, 0) is 0 Å². The van der Waals surface area contributed by atoms with Crippen molar-refractivity contribution in [2.45, 2.75) is 52.9 Å². The maximum Gasteiger partial charge on any atom is 0.0434 e. The van der Waals surface area contributed by atoms with Gasteiger partial charge >= 0.3 is 0 Å². The Morgan fingerprint density at radius 2 is 2.00 bits per heavy atom. The summed E-state index contributed by atoms with van der Waals surface area (Å²) in [5, 5.41) is 0. The van der Waals surface area contributed by atoms with Gasteiger partial charge in [0.1, 0.15) is 0 Å². The van der Waals surface area contributed by atoms with E-state index in [-0.39, 0.29) is 0 Å². The van der Waals surface area contributed by atoms with Gasteiger partial charge in [-0.2, -0.15) is 0 Å². The SMILES string of the molecule is CC(C)=CCC/C(C)=C/CC(C)c1ccccn1. The zero-order valence-corrected chi connectivity index (χ0v) is 12.1. The van der Waals surface area contributed by atoms with Gasteiger partial charge in [0, 0.05) is 17.8 Å². The second kappa shape index (κ2) is 7.86. The van der Waals surface area contributed by atoms with E-state index in [0.717, 1.165) is 12.8 Å². The zero-order valence-electron chi connectivity index (χ0n) is 12.1. The van der Waals surface area contributed by atoms with Gasteiger partial charge < -0.3 is 0 Å². The molecule has 18 heavy (non-hydrogen) atoms. The lowest BCUT2D eigenvalue weighted by atomic mass is 10.0. The van der Waals surface area contributed by atoms with Gasteiger partial charge in [0.25, 0.3) is 0 Å². The minimum absolute atomic E-state index is 0.504. The molecule has 0 saturated heterocycles. The van der Waals surface area contributed by atoms with Crippen LogP contribution in [0.2, 0.25) is 0 Å². The van der Waals surface area contributed by atoms with Crippen LogP contribution in [-0.4, -0.2) is 4.98 Å². The maximum atomic E-state index is 4.40. The van der Waals surface area contributed by atoms with Gasteiger partial charge in [0.2, 0.25) is 0 Å². The first kappa shape index (κ1) is 14.7. The lowest BCUT2D eigenvalue weighted by Crippen LogP contribution is -1.95. The van der Waals surface area contributed by atoms with Crippen molar-refractivity contribution >= 4 is 0 Å². The van der Waals surface area contributed by atoms with Crippen LogP contribution in [0.3, 0.4) is 0 Å². The molecule has 1 aromatic heterocycles. The van der Waals surface area contributed by atoms with Crippen molar-refractivity contribution in [3.63, 3.8) is 0 Å². The molecule has 1 heterocycles. The smallest absolute Gasteiger partial charge is 0.0434 e. The highest BCUT2D eigenvalue weighted by Gasteiger charge is 2.04. The van der Waals surface area contributed by atoms with Crippen molar-refractivity contribution in [3.05, 3.63) is 53.4 Å². The third-order valence-electron chi connectivity index (χ3n) is 3.10. The lowest BCUT2D eigenvalue weighted by Gasteiger charge is -2.08. The van der Waals surface area contributed by atoms with Crippen molar-refractivity contribution in [1.82, 2.24) is 4.98 Å². The molecule has 0 aliphatic rings.